The molecule has 0 radical (unpaired) electrons. The van der Waals surface area contributed by atoms with E-state index in [0.29, 0.717) is 12.5 Å². The summed E-state index contributed by atoms with van der Waals surface area (Å²) in [6.45, 7) is 6.86. The standard InChI is InChI=1S/C12H22N4O/c1-8(2)12-15-10(13-4)6-11(16-12)14-9(3)7-17-5/h6,8-9H,7H2,1-5H3,(H2,13,14,15,16). The molecule has 1 aromatic heterocycles. The number of aromatic nitrogens is 2. The van der Waals surface area contributed by atoms with Gasteiger partial charge in [-0.25, -0.2) is 9.97 Å². The molecule has 0 aliphatic rings. The maximum Gasteiger partial charge on any atom is 0.135 e. The normalized spacial score (nSPS) is 12.6. The van der Waals surface area contributed by atoms with Crippen LogP contribution >= 0.6 is 0 Å². The van der Waals surface area contributed by atoms with E-state index in [1.54, 1.807) is 7.11 Å². The largest absolute Gasteiger partial charge is 0.383 e. The van der Waals surface area contributed by atoms with Gasteiger partial charge in [0.25, 0.3) is 0 Å². The highest BCUT2D eigenvalue weighted by Crippen LogP contribution is 2.17. The summed E-state index contributed by atoms with van der Waals surface area (Å²) >= 11 is 0. The molecule has 17 heavy (non-hydrogen) atoms. The number of methoxy groups -OCH3 is 1. The molecule has 1 heterocycles. The van der Waals surface area contributed by atoms with Gasteiger partial charge in [-0.15, -0.1) is 0 Å². The van der Waals surface area contributed by atoms with Crippen molar-refractivity contribution in [2.24, 2.45) is 0 Å². The van der Waals surface area contributed by atoms with Gasteiger partial charge in [-0.3, -0.25) is 0 Å². The maximum atomic E-state index is 5.09. The van der Waals surface area contributed by atoms with Crippen LogP contribution in [0, 0.1) is 0 Å². The fraction of sp³-hybridized carbons (Fsp3) is 0.667. The smallest absolute Gasteiger partial charge is 0.135 e. The minimum atomic E-state index is 0.222. The SMILES string of the molecule is CNc1cc(NC(C)COC)nc(C(C)C)n1. The van der Waals surface area contributed by atoms with E-state index in [2.05, 4.69) is 41.4 Å². The Morgan fingerprint density at radius 2 is 1.88 bits per heavy atom. The minimum absolute atomic E-state index is 0.222. The first kappa shape index (κ1) is 13.7. The van der Waals surface area contributed by atoms with E-state index in [1.807, 2.05) is 13.1 Å². The van der Waals surface area contributed by atoms with Crippen molar-refractivity contribution in [3.63, 3.8) is 0 Å². The number of anilines is 2. The highest BCUT2D eigenvalue weighted by Gasteiger charge is 2.09. The summed E-state index contributed by atoms with van der Waals surface area (Å²) in [4.78, 5) is 8.90. The molecule has 5 nitrogen and oxygen atoms in total. The predicted octanol–water partition coefficient (Wildman–Crippen LogP) is 2.09. The number of rotatable bonds is 6. The topological polar surface area (TPSA) is 59.1 Å². The molecule has 0 saturated heterocycles. The summed E-state index contributed by atoms with van der Waals surface area (Å²) in [7, 11) is 3.55. The summed E-state index contributed by atoms with van der Waals surface area (Å²) in [6, 6.07) is 2.12. The molecular weight excluding hydrogens is 216 g/mol. The van der Waals surface area contributed by atoms with Crippen LogP contribution in [0.25, 0.3) is 0 Å². The van der Waals surface area contributed by atoms with E-state index in [1.165, 1.54) is 0 Å². The first-order valence-electron chi connectivity index (χ1n) is 5.89. The Hall–Kier alpha value is -1.36. The third kappa shape index (κ3) is 4.19. The van der Waals surface area contributed by atoms with Crippen LogP contribution in [0.2, 0.25) is 0 Å². The molecule has 0 saturated carbocycles. The van der Waals surface area contributed by atoms with Crippen molar-refractivity contribution in [2.45, 2.75) is 32.7 Å². The zero-order chi connectivity index (χ0) is 12.8. The third-order valence-electron chi connectivity index (χ3n) is 2.33. The molecule has 0 aliphatic heterocycles. The number of ether oxygens (including phenoxy) is 1. The van der Waals surface area contributed by atoms with E-state index in [4.69, 9.17) is 4.74 Å². The van der Waals surface area contributed by atoms with Crippen molar-refractivity contribution < 1.29 is 4.74 Å². The predicted molar refractivity (Wildman–Crippen MR) is 70.6 cm³/mol. The zero-order valence-electron chi connectivity index (χ0n) is 11.2. The van der Waals surface area contributed by atoms with Gasteiger partial charge in [-0.05, 0) is 6.92 Å². The van der Waals surface area contributed by atoms with Crippen LogP contribution in [-0.2, 0) is 4.74 Å². The van der Waals surface area contributed by atoms with Gasteiger partial charge in [0.1, 0.15) is 17.5 Å². The first-order valence-corrected chi connectivity index (χ1v) is 5.89. The summed E-state index contributed by atoms with van der Waals surface area (Å²) < 4.78 is 5.09. The van der Waals surface area contributed by atoms with E-state index < -0.39 is 0 Å². The quantitative estimate of drug-likeness (QED) is 0.794. The second-order valence-electron chi connectivity index (χ2n) is 4.40. The second kappa shape index (κ2) is 6.39. The molecule has 1 atom stereocenters. The fourth-order valence-electron chi connectivity index (χ4n) is 1.47. The van der Waals surface area contributed by atoms with Crippen molar-refractivity contribution in [1.29, 1.82) is 0 Å². The lowest BCUT2D eigenvalue weighted by Gasteiger charge is -2.15. The van der Waals surface area contributed by atoms with Crippen molar-refractivity contribution in [2.75, 3.05) is 31.4 Å². The fourth-order valence-corrected chi connectivity index (χ4v) is 1.47. The average Bonchev–Trinajstić information content (AvgIpc) is 2.28. The van der Waals surface area contributed by atoms with E-state index in [0.717, 1.165) is 17.5 Å². The van der Waals surface area contributed by atoms with Crippen LogP contribution in [0.1, 0.15) is 32.5 Å². The van der Waals surface area contributed by atoms with E-state index >= 15 is 0 Å². The highest BCUT2D eigenvalue weighted by atomic mass is 16.5. The van der Waals surface area contributed by atoms with Crippen LogP contribution in [0.3, 0.4) is 0 Å². The molecule has 0 spiro atoms. The Bertz CT molecular complexity index is 354. The minimum Gasteiger partial charge on any atom is -0.383 e. The Labute approximate surface area is 103 Å². The van der Waals surface area contributed by atoms with Crippen molar-refractivity contribution in [1.82, 2.24) is 9.97 Å². The van der Waals surface area contributed by atoms with Gasteiger partial charge in [-0.1, -0.05) is 13.8 Å². The molecule has 2 N–H and O–H groups in total. The van der Waals surface area contributed by atoms with Gasteiger partial charge in [-0.2, -0.15) is 0 Å². The Morgan fingerprint density at radius 1 is 1.24 bits per heavy atom. The van der Waals surface area contributed by atoms with E-state index in [-0.39, 0.29) is 6.04 Å². The molecule has 1 rings (SSSR count). The third-order valence-corrected chi connectivity index (χ3v) is 2.33. The number of nitrogens with one attached hydrogen (secondary N) is 2. The average molecular weight is 238 g/mol. The van der Waals surface area contributed by atoms with Crippen LogP contribution in [0.4, 0.5) is 11.6 Å². The van der Waals surface area contributed by atoms with Crippen molar-refractivity contribution in [3.8, 4) is 0 Å². The van der Waals surface area contributed by atoms with Crippen molar-refractivity contribution in [3.05, 3.63) is 11.9 Å². The maximum absolute atomic E-state index is 5.09. The Morgan fingerprint density at radius 3 is 2.41 bits per heavy atom. The van der Waals surface area contributed by atoms with Gasteiger partial charge in [0, 0.05) is 32.2 Å². The number of nitrogens with zero attached hydrogens (tertiary/aromatic N) is 2. The summed E-state index contributed by atoms with van der Waals surface area (Å²) in [5, 5.41) is 6.34. The lowest BCUT2D eigenvalue weighted by Crippen LogP contribution is -2.22. The van der Waals surface area contributed by atoms with Crippen LogP contribution in [0.15, 0.2) is 6.07 Å². The number of hydrogen-bond acceptors (Lipinski definition) is 5. The molecule has 5 heteroatoms. The molecule has 96 valence electrons. The van der Waals surface area contributed by atoms with Gasteiger partial charge >= 0.3 is 0 Å². The highest BCUT2D eigenvalue weighted by molar-refractivity contribution is 5.47. The van der Waals surface area contributed by atoms with Gasteiger partial charge in [0.05, 0.1) is 6.61 Å². The molecule has 0 aliphatic carbocycles. The van der Waals surface area contributed by atoms with Crippen LogP contribution in [-0.4, -0.2) is 36.8 Å². The zero-order valence-corrected chi connectivity index (χ0v) is 11.2. The molecule has 1 aromatic rings. The first-order chi connectivity index (χ1) is 8.06. The lowest BCUT2D eigenvalue weighted by atomic mass is 10.2. The Balaban J connectivity index is 2.87. The van der Waals surface area contributed by atoms with Crippen LogP contribution < -0.4 is 10.6 Å². The molecule has 0 bridgehead atoms. The molecule has 0 fully saturated rings. The lowest BCUT2D eigenvalue weighted by molar-refractivity contribution is 0.190. The molecule has 1 unspecified atom stereocenters. The van der Waals surface area contributed by atoms with E-state index in [9.17, 15) is 0 Å². The monoisotopic (exact) mass is 238 g/mol. The number of hydrogen-bond donors (Lipinski definition) is 2. The second-order valence-corrected chi connectivity index (χ2v) is 4.40. The van der Waals surface area contributed by atoms with Crippen molar-refractivity contribution >= 4 is 11.6 Å². The summed E-state index contributed by atoms with van der Waals surface area (Å²) in [6.07, 6.45) is 0. The van der Waals surface area contributed by atoms with Gasteiger partial charge in [0.15, 0.2) is 0 Å². The molecule has 0 aromatic carbocycles. The summed E-state index contributed by atoms with van der Waals surface area (Å²) in [5.74, 6) is 2.80. The molecule has 0 amide bonds. The molecular formula is C12H22N4O. The van der Waals surface area contributed by atoms with Crippen LogP contribution in [0.5, 0.6) is 0 Å². The van der Waals surface area contributed by atoms with Gasteiger partial charge in [0.2, 0.25) is 0 Å². The summed E-state index contributed by atoms with van der Waals surface area (Å²) in [5.41, 5.74) is 0. The van der Waals surface area contributed by atoms with Gasteiger partial charge < -0.3 is 15.4 Å². The Kier molecular flexibility index (Phi) is 5.15.